The predicted octanol–water partition coefficient (Wildman–Crippen LogP) is 4.83. The molecule has 0 radical (unpaired) electrons. The van der Waals surface area contributed by atoms with Gasteiger partial charge < -0.3 is 34.1 Å². The van der Waals surface area contributed by atoms with Crippen LogP contribution in [0, 0.1) is 13.8 Å². The van der Waals surface area contributed by atoms with Gasteiger partial charge >= 0.3 is 0 Å². The van der Waals surface area contributed by atoms with Gasteiger partial charge in [0.05, 0.1) is 39.2 Å². The Hall–Kier alpha value is -4.28. The molecule has 2 unspecified atom stereocenters. The molecule has 11 nitrogen and oxygen atoms in total. The molecule has 2 aliphatic heterocycles. The van der Waals surface area contributed by atoms with Crippen LogP contribution in [-0.4, -0.2) is 87.3 Å². The number of benzene rings is 2. The van der Waals surface area contributed by atoms with Crippen LogP contribution in [-0.2, 0) is 14.4 Å². The molecule has 4 rings (SSSR count). The molecule has 0 spiro atoms. The molecular weight excluding hydrogens is 564 g/mol. The zero-order valence-corrected chi connectivity index (χ0v) is 26.2. The van der Waals surface area contributed by atoms with E-state index in [1.54, 1.807) is 25.2 Å². The van der Waals surface area contributed by atoms with Crippen molar-refractivity contribution >= 4 is 36.3 Å². The highest BCUT2D eigenvalue weighted by atomic mass is 16.5. The van der Waals surface area contributed by atoms with Crippen molar-refractivity contribution in [3.05, 3.63) is 35.4 Å². The Morgan fingerprint density at radius 3 is 2.11 bits per heavy atom. The molecule has 1 N–H and O–H groups in total. The maximum atomic E-state index is 12.8. The summed E-state index contributed by atoms with van der Waals surface area (Å²) in [6.45, 7) is 6.21. The molecular formula is C33H44N4O7. The number of methoxy groups -OCH3 is 2. The van der Waals surface area contributed by atoms with Crippen LogP contribution >= 0.6 is 0 Å². The summed E-state index contributed by atoms with van der Waals surface area (Å²) in [6, 6.07) is 6.99. The average molecular weight is 609 g/mol. The molecule has 2 fully saturated rings. The number of carbonyl (C=O) groups is 3. The molecule has 238 valence electrons. The van der Waals surface area contributed by atoms with Gasteiger partial charge in [-0.15, -0.1) is 0 Å². The highest BCUT2D eigenvalue weighted by Crippen LogP contribution is 2.36. The van der Waals surface area contributed by atoms with E-state index in [2.05, 4.69) is 10.3 Å². The van der Waals surface area contributed by atoms with Crippen molar-refractivity contribution in [2.75, 3.05) is 45.8 Å². The number of unbranched alkanes of at least 4 members (excludes halogenated alkanes) is 2. The van der Waals surface area contributed by atoms with Gasteiger partial charge in [0.2, 0.25) is 18.7 Å². The van der Waals surface area contributed by atoms with E-state index in [0.717, 1.165) is 74.7 Å². The van der Waals surface area contributed by atoms with Gasteiger partial charge in [0, 0.05) is 37.1 Å². The Morgan fingerprint density at radius 1 is 0.841 bits per heavy atom. The third-order valence-corrected chi connectivity index (χ3v) is 8.15. The number of hydrogen-bond acceptors (Lipinski definition) is 8. The first-order valence-corrected chi connectivity index (χ1v) is 15.3. The Kier molecular flexibility index (Phi) is 11.8. The van der Waals surface area contributed by atoms with Gasteiger partial charge in [0.25, 0.3) is 0 Å². The zero-order chi connectivity index (χ0) is 31.5. The Bertz CT molecular complexity index is 1330. The number of aryl methyl sites for hydroxylation is 2. The first-order chi connectivity index (χ1) is 21.4. The number of nitrogens with one attached hydrogen (secondary N) is 1. The number of likely N-dealkylation sites (tertiary alicyclic amines) is 2. The molecule has 2 aromatic rings. The number of anilines is 1. The summed E-state index contributed by atoms with van der Waals surface area (Å²) in [5.41, 5.74) is 3.24. The largest absolute Gasteiger partial charge is 0.493 e. The first-order valence-electron chi connectivity index (χ1n) is 15.3. The molecule has 0 aromatic heterocycles. The topological polar surface area (TPSA) is 119 Å². The lowest BCUT2D eigenvalue weighted by atomic mass is 10.1. The standard InChI is InChI=1S/C33H44N4O7/c1-23-16-29(41-3)31(18-26(23)34-20-25-10-8-12-36(25)21-38)43-14-6-5-7-15-44-32-19-27(24(2)17-30(32)42-4)35-33(40)28-11-9-13-37(28)22-39/h16-22,25,28H,5-15H2,1-4H3,(H,35,40). The number of amides is 3. The molecule has 0 aliphatic carbocycles. The summed E-state index contributed by atoms with van der Waals surface area (Å²) in [4.78, 5) is 43.3. The van der Waals surface area contributed by atoms with E-state index in [1.165, 1.54) is 4.90 Å². The van der Waals surface area contributed by atoms with Crippen molar-refractivity contribution in [2.45, 2.75) is 70.9 Å². The van der Waals surface area contributed by atoms with Crippen LogP contribution in [0.1, 0.15) is 56.1 Å². The summed E-state index contributed by atoms with van der Waals surface area (Å²) in [7, 11) is 3.20. The molecule has 2 saturated heterocycles. The fraction of sp³-hybridized carbons (Fsp3) is 0.515. The molecule has 2 aliphatic rings. The summed E-state index contributed by atoms with van der Waals surface area (Å²) >= 11 is 0. The second kappa shape index (κ2) is 16.0. The molecule has 2 heterocycles. The van der Waals surface area contributed by atoms with Crippen LogP contribution < -0.4 is 24.3 Å². The molecule has 0 saturated carbocycles. The van der Waals surface area contributed by atoms with Crippen LogP contribution in [0.15, 0.2) is 29.3 Å². The van der Waals surface area contributed by atoms with Gasteiger partial charge in [0.1, 0.15) is 6.04 Å². The second-order valence-electron chi connectivity index (χ2n) is 11.2. The number of hydrogen-bond donors (Lipinski definition) is 1. The Labute approximate surface area is 259 Å². The summed E-state index contributed by atoms with van der Waals surface area (Å²) < 4.78 is 23.2. The van der Waals surface area contributed by atoms with Crippen LogP contribution in [0.2, 0.25) is 0 Å². The highest BCUT2D eigenvalue weighted by Gasteiger charge is 2.30. The number of nitrogens with zero attached hydrogens (tertiary/aromatic N) is 3. The van der Waals surface area contributed by atoms with Crippen molar-refractivity contribution in [1.29, 1.82) is 0 Å². The molecule has 2 atom stereocenters. The minimum absolute atomic E-state index is 0.0251. The number of ether oxygens (including phenoxy) is 4. The lowest BCUT2D eigenvalue weighted by molar-refractivity contribution is -0.127. The smallest absolute Gasteiger partial charge is 0.247 e. The third kappa shape index (κ3) is 8.21. The second-order valence-corrected chi connectivity index (χ2v) is 11.2. The van der Waals surface area contributed by atoms with Crippen LogP contribution in [0.3, 0.4) is 0 Å². The normalized spacial score (nSPS) is 18.0. The van der Waals surface area contributed by atoms with Gasteiger partial charge in [0.15, 0.2) is 23.0 Å². The van der Waals surface area contributed by atoms with Crippen molar-refractivity contribution in [1.82, 2.24) is 9.80 Å². The highest BCUT2D eigenvalue weighted by molar-refractivity contribution is 5.97. The van der Waals surface area contributed by atoms with Gasteiger partial charge in [-0.1, -0.05) is 0 Å². The van der Waals surface area contributed by atoms with Crippen LogP contribution in [0.25, 0.3) is 0 Å². The van der Waals surface area contributed by atoms with E-state index in [-0.39, 0.29) is 11.9 Å². The maximum Gasteiger partial charge on any atom is 0.247 e. The average Bonchev–Trinajstić information content (AvgIpc) is 3.71. The summed E-state index contributed by atoms with van der Waals surface area (Å²) in [5, 5.41) is 2.96. The van der Waals surface area contributed by atoms with Crippen molar-refractivity contribution in [3.63, 3.8) is 0 Å². The SMILES string of the molecule is COc1cc(C)c(N=CC2CCCN2C=O)cc1OCCCCCOc1cc(NC(=O)C2CCCN2C=O)c(C)cc1OC. The minimum Gasteiger partial charge on any atom is -0.493 e. The van der Waals surface area contributed by atoms with Gasteiger partial charge in [-0.3, -0.25) is 19.4 Å². The lowest BCUT2D eigenvalue weighted by Crippen LogP contribution is -2.38. The van der Waals surface area contributed by atoms with Gasteiger partial charge in [-0.25, -0.2) is 0 Å². The summed E-state index contributed by atoms with van der Waals surface area (Å²) in [5.74, 6) is 2.23. The van der Waals surface area contributed by atoms with Crippen molar-refractivity contribution in [2.24, 2.45) is 4.99 Å². The van der Waals surface area contributed by atoms with Crippen LogP contribution in [0.5, 0.6) is 23.0 Å². The molecule has 0 bridgehead atoms. The quantitative estimate of drug-likeness (QED) is 0.165. The zero-order valence-electron chi connectivity index (χ0n) is 26.2. The van der Waals surface area contributed by atoms with Gasteiger partial charge in [-0.2, -0.15) is 0 Å². The van der Waals surface area contributed by atoms with Gasteiger partial charge in [-0.05, 0) is 82.1 Å². The van der Waals surface area contributed by atoms with Crippen molar-refractivity contribution in [3.8, 4) is 23.0 Å². The van der Waals surface area contributed by atoms with E-state index < -0.39 is 6.04 Å². The van der Waals surface area contributed by atoms with E-state index >= 15 is 0 Å². The number of carbonyl (C=O) groups excluding carboxylic acids is 3. The van der Waals surface area contributed by atoms with E-state index in [4.69, 9.17) is 18.9 Å². The van der Waals surface area contributed by atoms with E-state index in [0.29, 0.717) is 54.9 Å². The van der Waals surface area contributed by atoms with Crippen molar-refractivity contribution < 1.29 is 33.3 Å². The number of aliphatic imine (C=N–C) groups is 1. The maximum absolute atomic E-state index is 12.8. The number of rotatable bonds is 16. The molecule has 11 heteroatoms. The third-order valence-electron chi connectivity index (χ3n) is 8.15. The summed E-state index contributed by atoms with van der Waals surface area (Å²) in [6.07, 6.45) is 9.33. The Morgan fingerprint density at radius 2 is 1.45 bits per heavy atom. The minimum atomic E-state index is -0.453. The fourth-order valence-electron chi connectivity index (χ4n) is 5.56. The van der Waals surface area contributed by atoms with Crippen LogP contribution in [0.4, 0.5) is 11.4 Å². The predicted molar refractivity (Wildman–Crippen MR) is 169 cm³/mol. The van der Waals surface area contributed by atoms with E-state index in [9.17, 15) is 14.4 Å². The molecule has 2 aromatic carbocycles. The molecule has 3 amide bonds. The lowest BCUT2D eigenvalue weighted by Gasteiger charge is -2.21. The fourth-order valence-corrected chi connectivity index (χ4v) is 5.56. The van der Waals surface area contributed by atoms with E-state index in [1.807, 2.05) is 38.3 Å². The molecule has 44 heavy (non-hydrogen) atoms. The monoisotopic (exact) mass is 608 g/mol. The first kappa shape index (κ1) is 32.6. The Balaban J connectivity index is 1.26.